The molecular weight excluding hydrogens is 133 g/mol. The number of carbonyl (C=O) groups is 1. The second-order valence-electron chi connectivity index (χ2n) is 0.561. The zero-order valence-electron chi connectivity index (χ0n) is 4.00. The van der Waals surface area contributed by atoms with Gasteiger partial charge in [0.05, 0.1) is 0 Å². The summed E-state index contributed by atoms with van der Waals surface area (Å²) in [6.07, 6.45) is 0. The first-order chi connectivity index (χ1) is 3.15. The SMILES string of the molecule is Cl.N=C(N)N.O=CO. The van der Waals surface area contributed by atoms with Crippen LogP contribution in [-0.4, -0.2) is 17.5 Å². The molecule has 0 amide bonds. The Morgan fingerprint density at radius 1 is 1.62 bits per heavy atom. The van der Waals surface area contributed by atoms with Gasteiger partial charge in [-0.15, -0.1) is 12.4 Å². The molecule has 5 nitrogen and oxygen atoms in total. The van der Waals surface area contributed by atoms with Crippen LogP contribution in [0.2, 0.25) is 0 Å². The van der Waals surface area contributed by atoms with Crippen LogP contribution in [0, 0.1) is 5.41 Å². The molecule has 0 aromatic rings. The first-order valence-electron chi connectivity index (χ1n) is 1.32. The summed E-state index contributed by atoms with van der Waals surface area (Å²) < 4.78 is 0. The summed E-state index contributed by atoms with van der Waals surface area (Å²) in [5.41, 5.74) is 8.94. The molecule has 0 fully saturated rings. The number of carboxylic acid groups (broad SMARTS) is 1. The molecule has 0 rings (SSSR count). The van der Waals surface area contributed by atoms with Crippen LogP contribution in [-0.2, 0) is 4.79 Å². The van der Waals surface area contributed by atoms with Gasteiger partial charge in [-0.1, -0.05) is 0 Å². The molecule has 0 aliphatic rings. The third-order valence-electron chi connectivity index (χ3n) is 0. The molecule has 0 spiro atoms. The minimum absolute atomic E-state index is 0. The number of nitrogens with two attached hydrogens (primary N) is 2. The van der Waals surface area contributed by atoms with E-state index in [9.17, 15) is 0 Å². The van der Waals surface area contributed by atoms with Crippen LogP contribution in [0.5, 0.6) is 0 Å². The number of hydrogen-bond donors (Lipinski definition) is 4. The molecule has 50 valence electrons. The Morgan fingerprint density at radius 2 is 1.62 bits per heavy atom. The van der Waals surface area contributed by atoms with Crippen LogP contribution in [0.4, 0.5) is 0 Å². The van der Waals surface area contributed by atoms with Crippen LogP contribution in [0.15, 0.2) is 0 Å². The van der Waals surface area contributed by atoms with E-state index in [0.717, 1.165) is 0 Å². The molecular formula is C2H8ClN3O2. The zero-order valence-corrected chi connectivity index (χ0v) is 4.81. The van der Waals surface area contributed by atoms with Gasteiger partial charge in [-0.3, -0.25) is 10.2 Å². The molecule has 0 atom stereocenters. The molecule has 0 aliphatic heterocycles. The molecule has 6 heteroatoms. The fourth-order valence-corrected chi connectivity index (χ4v) is 0. The van der Waals surface area contributed by atoms with Gasteiger partial charge in [-0.2, -0.15) is 0 Å². The maximum atomic E-state index is 8.36. The molecule has 0 saturated carbocycles. The zero-order chi connectivity index (χ0) is 6.28. The largest absolute Gasteiger partial charge is 0.483 e. The summed E-state index contributed by atoms with van der Waals surface area (Å²) in [6.45, 7) is -0.250. The summed E-state index contributed by atoms with van der Waals surface area (Å²) in [7, 11) is 0. The lowest BCUT2D eigenvalue weighted by Gasteiger charge is -1.69. The minimum atomic E-state index is -0.333. The summed E-state index contributed by atoms with van der Waals surface area (Å²) in [5.74, 6) is -0.333. The van der Waals surface area contributed by atoms with Crippen molar-refractivity contribution in [3.63, 3.8) is 0 Å². The van der Waals surface area contributed by atoms with Gasteiger partial charge >= 0.3 is 0 Å². The van der Waals surface area contributed by atoms with E-state index in [0.29, 0.717) is 0 Å². The Bertz CT molecular complexity index is 62.3. The topological polar surface area (TPSA) is 113 Å². The molecule has 0 bridgehead atoms. The van der Waals surface area contributed by atoms with Crippen LogP contribution in [0.1, 0.15) is 0 Å². The highest BCUT2D eigenvalue weighted by Crippen LogP contribution is 1.13. The molecule has 0 aromatic carbocycles. The number of rotatable bonds is 0. The van der Waals surface area contributed by atoms with E-state index in [1.54, 1.807) is 0 Å². The Morgan fingerprint density at radius 3 is 1.62 bits per heavy atom. The monoisotopic (exact) mass is 141 g/mol. The third-order valence-corrected chi connectivity index (χ3v) is 0. The van der Waals surface area contributed by atoms with Crippen molar-refractivity contribution in [3.05, 3.63) is 0 Å². The van der Waals surface area contributed by atoms with Crippen molar-refractivity contribution in [2.24, 2.45) is 11.5 Å². The quantitative estimate of drug-likeness (QED) is 0.196. The van der Waals surface area contributed by atoms with Gasteiger partial charge in [0.15, 0.2) is 5.96 Å². The Balaban J connectivity index is -0.0000000575. The fraction of sp³-hybridized carbons (Fsp3) is 0. The predicted molar refractivity (Wildman–Crippen MR) is 32.0 cm³/mol. The van der Waals surface area contributed by atoms with Crippen LogP contribution in [0.3, 0.4) is 0 Å². The Kier molecular flexibility index (Phi) is 32.7. The Hall–Kier alpha value is -0.970. The van der Waals surface area contributed by atoms with Gasteiger partial charge in [-0.05, 0) is 0 Å². The predicted octanol–water partition coefficient (Wildman–Crippen LogP) is -1.04. The minimum Gasteiger partial charge on any atom is -0.483 e. The highest BCUT2D eigenvalue weighted by molar-refractivity contribution is 5.85. The van der Waals surface area contributed by atoms with E-state index >= 15 is 0 Å². The number of nitrogens with one attached hydrogen (secondary N) is 1. The summed E-state index contributed by atoms with van der Waals surface area (Å²) >= 11 is 0. The van der Waals surface area contributed by atoms with E-state index in [1.165, 1.54) is 0 Å². The van der Waals surface area contributed by atoms with E-state index in [1.807, 2.05) is 0 Å². The van der Waals surface area contributed by atoms with Crippen LogP contribution < -0.4 is 11.5 Å². The maximum absolute atomic E-state index is 8.36. The summed E-state index contributed by atoms with van der Waals surface area (Å²) in [4.78, 5) is 8.36. The van der Waals surface area contributed by atoms with E-state index in [-0.39, 0.29) is 24.8 Å². The van der Waals surface area contributed by atoms with Crippen molar-refractivity contribution in [1.82, 2.24) is 0 Å². The Labute approximate surface area is 52.6 Å². The highest BCUT2D eigenvalue weighted by atomic mass is 35.5. The van der Waals surface area contributed by atoms with Gasteiger partial charge in [0.25, 0.3) is 6.47 Å². The molecule has 0 heterocycles. The smallest absolute Gasteiger partial charge is 0.290 e. The van der Waals surface area contributed by atoms with E-state index in [2.05, 4.69) is 11.5 Å². The number of halogens is 1. The standard InChI is InChI=1S/CH5N3.CH2O2.ClH/c2-1(3)4;2-1-3;/h(H5,2,3,4);1H,(H,2,3);1H. The molecule has 0 unspecified atom stereocenters. The first kappa shape index (κ1) is 15.7. The van der Waals surface area contributed by atoms with Crippen molar-refractivity contribution in [3.8, 4) is 0 Å². The van der Waals surface area contributed by atoms with Gasteiger partial charge in [-0.25, -0.2) is 0 Å². The molecule has 8 heavy (non-hydrogen) atoms. The summed E-state index contributed by atoms with van der Waals surface area (Å²) in [5, 5.41) is 12.9. The molecule has 0 aliphatic carbocycles. The maximum Gasteiger partial charge on any atom is 0.290 e. The summed E-state index contributed by atoms with van der Waals surface area (Å²) in [6, 6.07) is 0. The first-order valence-corrected chi connectivity index (χ1v) is 1.32. The van der Waals surface area contributed by atoms with Crippen molar-refractivity contribution >= 4 is 24.8 Å². The lowest BCUT2D eigenvalue weighted by atomic mass is 11.1. The van der Waals surface area contributed by atoms with Crippen molar-refractivity contribution < 1.29 is 9.90 Å². The second-order valence-corrected chi connectivity index (χ2v) is 0.561. The van der Waals surface area contributed by atoms with E-state index in [4.69, 9.17) is 15.3 Å². The molecule has 6 N–H and O–H groups in total. The molecule has 0 aromatic heterocycles. The van der Waals surface area contributed by atoms with Crippen LogP contribution in [0.25, 0.3) is 0 Å². The van der Waals surface area contributed by atoms with Gasteiger partial charge in [0, 0.05) is 0 Å². The van der Waals surface area contributed by atoms with E-state index < -0.39 is 0 Å². The lowest BCUT2D eigenvalue weighted by Crippen LogP contribution is -2.20. The van der Waals surface area contributed by atoms with Crippen molar-refractivity contribution in [1.29, 1.82) is 5.41 Å². The molecule has 0 saturated heterocycles. The average molecular weight is 142 g/mol. The van der Waals surface area contributed by atoms with Crippen molar-refractivity contribution in [2.45, 2.75) is 0 Å². The fourth-order valence-electron chi connectivity index (χ4n) is 0. The van der Waals surface area contributed by atoms with Gasteiger partial charge < -0.3 is 16.6 Å². The normalized spacial score (nSPS) is 4.50. The van der Waals surface area contributed by atoms with Gasteiger partial charge in [0.2, 0.25) is 0 Å². The third kappa shape index (κ3) is 86.8. The average Bonchev–Trinajstić information content (AvgIpc) is 1.33. The van der Waals surface area contributed by atoms with Gasteiger partial charge in [0.1, 0.15) is 0 Å². The second kappa shape index (κ2) is 16.6. The molecule has 0 radical (unpaired) electrons. The highest BCUT2D eigenvalue weighted by Gasteiger charge is 1.52. The van der Waals surface area contributed by atoms with Crippen LogP contribution >= 0.6 is 12.4 Å². The lowest BCUT2D eigenvalue weighted by molar-refractivity contribution is -0.122. The van der Waals surface area contributed by atoms with Crippen molar-refractivity contribution in [2.75, 3.05) is 0 Å². The number of guanidine groups is 1. The number of hydrogen-bond acceptors (Lipinski definition) is 2.